The number of esters is 1. The second-order valence-corrected chi connectivity index (χ2v) is 5.39. The van der Waals surface area contributed by atoms with Gasteiger partial charge in [-0.25, -0.2) is 23.5 Å². The Bertz CT molecular complexity index is 790. The Morgan fingerprint density at radius 2 is 1.92 bits per heavy atom. The number of anilines is 1. The number of nitrogens with one attached hydrogen (secondary N) is 1. The Labute approximate surface area is 143 Å². The standard InChI is InChI=1S/C17H17F2N3O3/c1-4-25-17(24)14-12(8-23)21-15(22-16(14)20-9(2)3)13-10(18)6-5-7-11(13)19/h5-9H,4H2,1-3H3,(H,20,21,22). The maximum absolute atomic E-state index is 14.0. The molecule has 1 aromatic heterocycles. The third-order valence-electron chi connectivity index (χ3n) is 3.14. The van der Waals surface area contributed by atoms with Gasteiger partial charge >= 0.3 is 5.97 Å². The Balaban J connectivity index is 2.73. The third-order valence-corrected chi connectivity index (χ3v) is 3.14. The minimum atomic E-state index is -0.878. The van der Waals surface area contributed by atoms with Crippen molar-refractivity contribution in [2.75, 3.05) is 11.9 Å². The van der Waals surface area contributed by atoms with Gasteiger partial charge in [0.05, 0.1) is 12.2 Å². The van der Waals surface area contributed by atoms with Crippen molar-refractivity contribution in [3.8, 4) is 11.4 Å². The first-order valence-corrected chi connectivity index (χ1v) is 7.64. The maximum atomic E-state index is 14.0. The summed E-state index contributed by atoms with van der Waals surface area (Å²) in [5, 5.41) is 2.88. The molecule has 2 rings (SSSR count). The molecule has 0 spiro atoms. The monoisotopic (exact) mass is 349 g/mol. The highest BCUT2D eigenvalue weighted by Gasteiger charge is 2.25. The number of nitrogens with zero attached hydrogens (tertiary/aromatic N) is 2. The van der Waals surface area contributed by atoms with Crippen LogP contribution in [0.1, 0.15) is 41.6 Å². The van der Waals surface area contributed by atoms with E-state index in [1.165, 1.54) is 6.07 Å². The Morgan fingerprint density at radius 3 is 2.44 bits per heavy atom. The highest BCUT2D eigenvalue weighted by Crippen LogP contribution is 2.27. The summed E-state index contributed by atoms with van der Waals surface area (Å²) in [6.45, 7) is 5.25. The summed E-state index contributed by atoms with van der Waals surface area (Å²) >= 11 is 0. The van der Waals surface area contributed by atoms with Crippen LogP contribution in [0, 0.1) is 11.6 Å². The van der Waals surface area contributed by atoms with E-state index < -0.39 is 23.2 Å². The summed E-state index contributed by atoms with van der Waals surface area (Å²) in [6.07, 6.45) is 0.321. The fourth-order valence-electron chi connectivity index (χ4n) is 2.17. The second kappa shape index (κ2) is 7.78. The topological polar surface area (TPSA) is 81.2 Å². The van der Waals surface area contributed by atoms with E-state index in [0.29, 0.717) is 6.29 Å². The quantitative estimate of drug-likeness (QED) is 0.637. The smallest absolute Gasteiger partial charge is 0.344 e. The SMILES string of the molecule is CCOC(=O)c1c(C=O)nc(-c2c(F)cccc2F)nc1NC(C)C. The summed E-state index contributed by atoms with van der Waals surface area (Å²) < 4.78 is 33.0. The fraction of sp³-hybridized carbons (Fsp3) is 0.294. The molecule has 25 heavy (non-hydrogen) atoms. The van der Waals surface area contributed by atoms with Crippen LogP contribution in [-0.2, 0) is 4.74 Å². The van der Waals surface area contributed by atoms with Crippen molar-refractivity contribution in [1.82, 2.24) is 9.97 Å². The van der Waals surface area contributed by atoms with E-state index in [-0.39, 0.29) is 35.5 Å². The molecule has 1 N–H and O–H groups in total. The summed E-state index contributed by atoms with van der Waals surface area (Å²) in [5.41, 5.74) is -0.965. The normalized spacial score (nSPS) is 10.6. The molecule has 132 valence electrons. The molecule has 6 nitrogen and oxygen atoms in total. The summed E-state index contributed by atoms with van der Waals surface area (Å²) in [7, 11) is 0. The van der Waals surface area contributed by atoms with E-state index in [2.05, 4.69) is 15.3 Å². The average molecular weight is 349 g/mol. The number of halogens is 2. The van der Waals surface area contributed by atoms with Crippen molar-refractivity contribution in [3.63, 3.8) is 0 Å². The number of carbonyl (C=O) groups is 2. The molecule has 1 heterocycles. The molecule has 0 fully saturated rings. The molecule has 0 radical (unpaired) electrons. The molecule has 0 saturated carbocycles. The molecule has 0 aliphatic heterocycles. The Kier molecular flexibility index (Phi) is 5.74. The zero-order valence-corrected chi connectivity index (χ0v) is 14.0. The lowest BCUT2D eigenvalue weighted by Crippen LogP contribution is -2.20. The van der Waals surface area contributed by atoms with Crippen LogP contribution in [0.3, 0.4) is 0 Å². The molecule has 0 aliphatic carbocycles. The van der Waals surface area contributed by atoms with Crippen LogP contribution in [0.5, 0.6) is 0 Å². The first-order chi connectivity index (χ1) is 11.9. The number of hydrogen-bond acceptors (Lipinski definition) is 6. The lowest BCUT2D eigenvalue weighted by molar-refractivity contribution is 0.0524. The minimum absolute atomic E-state index is 0.0248. The number of carbonyl (C=O) groups excluding carboxylic acids is 2. The van der Waals surface area contributed by atoms with Crippen molar-refractivity contribution in [2.24, 2.45) is 0 Å². The van der Waals surface area contributed by atoms with Gasteiger partial charge in [-0.15, -0.1) is 0 Å². The van der Waals surface area contributed by atoms with Gasteiger partial charge in [0, 0.05) is 6.04 Å². The van der Waals surface area contributed by atoms with E-state index in [1.807, 2.05) is 0 Å². The molecule has 0 aliphatic rings. The van der Waals surface area contributed by atoms with Crippen LogP contribution in [0.15, 0.2) is 18.2 Å². The minimum Gasteiger partial charge on any atom is -0.462 e. The van der Waals surface area contributed by atoms with Crippen LogP contribution < -0.4 is 5.32 Å². The lowest BCUT2D eigenvalue weighted by Gasteiger charge is -2.16. The maximum Gasteiger partial charge on any atom is 0.344 e. The molecule has 0 amide bonds. The van der Waals surface area contributed by atoms with Gasteiger partial charge < -0.3 is 10.1 Å². The van der Waals surface area contributed by atoms with Gasteiger partial charge in [-0.05, 0) is 32.9 Å². The largest absolute Gasteiger partial charge is 0.462 e. The van der Waals surface area contributed by atoms with Gasteiger partial charge in [0.25, 0.3) is 0 Å². The molecule has 0 unspecified atom stereocenters. The zero-order chi connectivity index (χ0) is 18.6. The fourth-order valence-corrected chi connectivity index (χ4v) is 2.17. The molecular formula is C17H17F2N3O3. The number of rotatable bonds is 6. The van der Waals surface area contributed by atoms with Gasteiger partial charge in [-0.2, -0.15) is 0 Å². The van der Waals surface area contributed by atoms with Gasteiger partial charge in [-0.3, -0.25) is 4.79 Å². The number of hydrogen-bond donors (Lipinski definition) is 1. The lowest BCUT2D eigenvalue weighted by atomic mass is 10.1. The van der Waals surface area contributed by atoms with Crippen molar-refractivity contribution < 1.29 is 23.1 Å². The van der Waals surface area contributed by atoms with Gasteiger partial charge in [-0.1, -0.05) is 6.07 Å². The summed E-state index contributed by atoms with van der Waals surface area (Å²) in [6, 6.07) is 3.14. The van der Waals surface area contributed by atoms with Gasteiger partial charge in [0.15, 0.2) is 12.1 Å². The molecule has 2 aromatic rings. The van der Waals surface area contributed by atoms with Crippen LogP contribution in [0.2, 0.25) is 0 Å². The molecular weight excluding hydrogens is 332 g/mol. The molecule has 0 atom stereocenters. The van der Waals surface area contributed by atoms with E-state index in [4.69, 9.17) is 4.74 Å². The van der Waals surface area contributed by atoms with Gasteiger partial charge in [0.2, 0.25) is 0 Å². The predicted octanol–water partition coefficient (Wildman–Crippen LogP) is 3.23. The average Bonchev–Trinajstić information content (AvgIpc) is 2.53. The third kappa shape index (κ3) is 3.96. The second-order valence-electron chi connectivity index (χ2n) is 5.39. The predicted molar refractivity (Wildman–Crippen MR) is 87.5 cm³/mol. The Hall–Kier alpha value is -2.90. The van der Waals surface area contributed by atoms with Gasteiger partial charge in [0.1, 0.15) is 28.7 Å². The van der Waals surface area contributed by atoms with Crippen LogP contribution >= 0.6 is 0 Å². The highest BCUT2D eigenvalue weighted by atomic mass is 19.1. The molecule has 0 bridgehead atoms. The first-order valence-electron chi connectivity index (χ1n) is 7.64. The number of aldehydes is 1. The van der Waals surface area contributed by atoms with Crippen LogP contribution in [0.4, 0.5) is 14.6 Å². The van der Waals surface area contributed by atoms with E-state index >= 15 is 0 Å². The Morgan fingerprint density at radius 1 is 1.28 bits per heavy atom. The number of aromatic nitrogens is 2. The summed E-state index contributed by atoms with van der Waals surface area (Å²) in [4.78, 5) is 31.5. The van der Waals surface area contributed by atoms with E-state index in [0.717, 1.165) is 12.1 Å². The molecule has 1 aromatic carbocycles. The van der Waals surface area contributed by atoms with Crippen LogP contribution in [0.25, 0.3) is 11.4 Å². The zero-order valence-electron chi connectivity index (χ0n) is 14.0. The first kappa shape index (κ1) is 18.4. The van der Waals surface area contributed by atoms with Crippen molar-refractivity contribution >= 4 is 18.1 Å². The number of ether oxygens (including phenoxy) is 1. The summed E-state index contributed by atoms with van der Waals surface area (Å²) in [5.74, 6) is -2.92. The highest BCUT2D eigenvalue weighted by molar-refractivity contribution is 6.01. The van der Waals surface area contributed by atoms with Crippen molar-refractivity contribution in [3.05, 3.63) is 41.1 Å². The number of benzene rings is 1. The van der Waals surface area contributed by atoms with Crippen molar-refractivity contribution in [2.45, 2.75) is 26.8 Å². The van der Waals surface area contributed by atoms with E-state index in [1.54, 1.807) is 20.8 Å². The molecule has 8 heteroatoms. The van der Waals surface area contributed by atoms with Crippen molar-refractivity contribution in [1.29, 1.82) is 0 Å². The van der Waals surface area contributed by atoms with E-state index in [9.17, 15) is 18.4 Å². The molecule has 0 saturated heterocycles. The van der Waals surface area contributed by atoms with Crippen LogP contribution in [-0.4, -0.2) is 34.9 Å².